The van der Waals surface area contributed by atoms with Crippen LogP contribution in [0.4, 0.5) is 5.69 Å². The van der Waals surface area contributed by atoms with Crippen LogP contribution in [0.5, 0.6) is 0 Å². The molecule has 1 aromatic heterocycles. The number of carboxylic acid groups (broad SMARTS) is 1. The maximum atomic E-state index is 14.0. The molecule has 1 aliphatic heterocycles. The molecule has 12 nitrogen and oxygen atoms in total. The predicted octanol–water partition coefficient (Wildman–Crippen LogP) is 4.10. The van der Waals surface area contributed by atoms with E-state index in [1.165, 1.54) is 0 Å². The molecule has 1 fully saturated rings. The largest absolute Gasteiger partial charge is 0.481 e. The Kier molecular flexibility index (Phi) is 14.2. The van der Waals surface area contributed by atoms with Crippen LogP contribution in [-0.2, 0) is 20.8 Å². The van der Waals surface area contributed by atoms with Gasteiger partial charge < -0.3 is 31.5 Å². The average Bonchev–Trinajstić information content (AvgIpc) is 3.69. The number of likely N-dealkylation sites (tertiary alicyclic amines) is 1. The Hall–Kier alpha value is -3.55. The van der Waals surface area contributed by atoms with Crippen LogP contribution in [0.1, 0.15) is 101 Å². The molecule has 3 amide bonds. The number of likely N-dealkylation sites (N-methyl/N-ethyl adjacent to an activating group) is 2. The van der Waals surface area contributed by atoms with Gasteiger partial charge in [-0.15, -0.1) is 11.3 Å². The van der Waals surface area contributed by atoms with Crippen molar-refractivity contribution in [1.29, 1.82) is 0 Å². The number of nitrogens with two attached hydrogens (primary N) is 1. The van der Waals surface area contributed by atoms with E-state index in [1.54, 1.807) is 36.4 Å². The Morgan fingerprint density at radius 1 is 1.10 bits per heavy atom. The summed E-state index contributed by atoms with van der Waals surface area (Å²) in [7, 11) is 3.65. The molecule has 0 radical (unpaired) electrons. The second kappa shape index (κ2) is 17.4. The van der Waals surface area contributed by atoms with Crippen molar-refractivity contribution in [3.63, 3.8) is 0 Å². The maximum absolute atomic E-state index is 14.0. The lowest BCUT2D eigenvalue weighted by Gasteiger charge is -2.38. The quantitative estimate of drug-likeness (QED) is 0.152. The highest BCUT2D eigenvalue weighted by Crippen LogP contribution is 2.30. The maximum Gasteiger partial charge on any atom is 0.306 e. The highest BCUT2D eigenvalue weighted by atomic mass is 32.1. The van der Waals surface area contributed by atoms with Crippen molar-refractivity contribution in [3.05, 3.63) is 45.9 Å². The zero-order valence-corrected chi connectivity index (χ0v) is 31.0. The van der Waals surface area contributed by atoms with E-state index in [9.17, 15) is 29.4 Å². The smallest absolute Gasteiger partial charge is 0.306 e. The molecule has 1 saturated heterocycles. The number of nitrogens with one attached hydrogen (secondary N) is 2. The number of nitrogens with zero attached hydrogens (tertiary/aromatic N) is 3. The lowest BCUT2D eigenvalue weighted by Crippen LogP contribution is -2.60. The number of thiazole rings is 1. The van der Waals surface area contributed by atoms with Crippen LogP contribution in [0.15, 0.2) is 29.6 Å². The summed E-state index contributed by atoms with van der Waals surface area (Å²) in [5.41, 5.74) is 6.77. The average molecular weight is 701 g/mol. The number of benzene rings is 1. The summed E-state index contributed by atoms with van der Waals surface area (Å²) in [6.07, 6.45) is 2.12. The number of carbonyl (C=O) groups excluding carboxylic acids is 3. The minimum atomic E-state index is -1.05. The van der Waals surface area contributed by atoms with E-state index < -0.39 is 41.5 Å². The number of rotatable bonds is 17. The van der Waals surface area contributed by atoms with Crippen LogP contribution < -0.4 is 16.4 Å². The first-order chi connectivity index (χ1) is 23.0. The summed E-state index contributed by atoms with van der Waals surface area (Å²) in [6.45, 7) is 12.3. The van der Waals surface area contributed by atoms with Gasteiger partial charge in [-0.3, -0.25) is 24.1 Å². The number of amides is 3. The Morgan fingerprint density at radius 2 is 1.76 bits per heavy atom. The van der Waals surface area contributed by atoms with Gasteiger partial charge in [0, 0.05) is 36.6 Å². The van der Waals surface area contributed by atoms with Crippen molar-refractivity contribution in [2.24, 2.45) is 17.8 Å². The molecule has 49 heavy (non-hydrogen) atoms. The SMILES string of the molecule is CC[C@H](C)[C@H](NC(=O)[C@@]1(C)CCCN1C)C(=O)N(C)C(C[C@@H](O)c1nc(C(=O)N[C@@H](Cc2ccc(N)cc2)C[C@H](C)C(=O)O)cs1)C(C)C. The van der Waals surface area contributed by atoms with Gasteiger partial charge in [0.15, 0.2) is 0 Å². The van der Waals surface area contributed by atoms with E-state index in [2.05, 4.69) is 15.6 Å². The Morgan fingerprint density at radius 3 is 2.31 bits per heavy atom. The summed E-state index contributed by atoms with van der Waals surface area (Å²) in [5.74, 6) is -2.58. The lowest BCUT2D eigenvalue weighted by atomic mass is 9.91. The monoisotopic (exact) mass is 700 g/mol. The molecule has 0 saturated carbocycles. The minimum absolute atomic E-state index is 0.0246. The Balaban J connectivity index is 1.72. The predicted molar refractivity (Wildman–Crippen MR) is 192 cm³/mol. The normalized spacial score (nSPS) is 20.2. The second-order valence-corrected chi connectivity index (χ2v) is 15.2. The molecular formula is C36H56N6O6S. The van der Waals surface area contributed by atoms with Crippen LogP contribution in [0, 0.1) is 17.8 Å². The third-order valence-corrected chi connectivity index (χ3v) is 11.2. The highest BCUT2D eigenvalue weighted by molar-refractivity contribution is 7.09. The molecule has 1 aliphatic rings. The van der Waals surface area contributed by atoms with Gasteiger partial charge in [0.2, 0.25) is 11.8 Å². The Labute approximate surface area is 294 Å². The van der Waals surface area contributed by atoms with Gasteiger partial charge >= 0.3 is 5.97 Å². The van der Waals surface area contributed by atoms with Crippen molar-refractivity contribution in [2.45, 2.75) is 110 Å². The first-order valence-corrected chi connectivity index (χ1v) is 18.2. The van der Waals surface area contributed by atoms with Crippen molar-refractivity contribution < 1.29 is 29.4 Å². The molecule has 3 rings (SSSR count). The number of hydrogen-bond donors (Lipinski definition) is 5. The topological polar surface area (TPSA) is 178 Å². The molecule has 2 aromatic rings. The van der Waals surface area contributed by atoms with E-state index in [4.69, 9.17) is 5.73 Å². The molecule has 1 aromatic carbocycles. The third kappa shape index (κ3) is 10.2. The number of aliphatic carboxylic acids is 1. The van der Waals surface area contributed by atoms with E-state index in [0.717, 1.165) is 36.3 Å². The fourth-order valence-corrected chi connectivity index (χ4v) is 7.21. The number of aromatic nitrogens is 1. The first-order valence-electron chi connectivity index (χ1n) is 17.3. The van der Waals surface area contributed by atoms with E-state index in [1.807, 2.05) is 58.7 Å². The Bertz CT molecular complexity index is 1430. The van der Waals surface area contributed by atoms with Crippen molar-refractivity contribution in [1.82, 2.24) is 25.4 Å². The molecule has 2 heterocycles. The number of aliphatic hydroxyl groups is 1. The van der Waals surface area contributed by atoms with Gasteiger partial charge in [0.05, 0.1) is 11.5 Å². The summed E-state index contributed by atoms with van der Waals surface area (Å²) >= 11 is 1.15. The summed E-state index contributed by atoms with van der Waals surface area (Å²) in [4.78, 5) is 60.5. The van der Waals surface area contributed by atoms with Gasteiger partial charge in [0.25, 0.3) is 5.91 Å². The number of carbonyl (C=O) groups is 4. The molecule has 7 atom stereocenters. The van der Waals surface area contributed by atoms with Crippen molar-refractivity contribution in [3.8, 4) is 0 Å². The fourth-order valence-electron chi connectivity index (χ4n) is 6.42. The van der Waals surface area contributed by atoms with Crippen LogP contribution in [0.2, 0.25) is 0 Å². The van der Waals surface area contributed by atoms with Crippen LogP contribution in [0.25, 0.3) is 0 Å². The number of nitrogen functional groups attached to an aromatic ring is 1. The van der Waals surface area contributed by atoms with Gasteiger partial charge in [-0.05, 0) is 75.7 Å². The van der Waals surface area contributed by atoms with Crippen LogP contribution >= 0.6 is 11.3 Å². The standard InChI is InChI=1S/C36H56N6O6S/c1-9-22(4)30(40-35(48)36(6)15-10-16-41(36)7)33(45)42(8)28(21(2)3)19-29(43)32-39-27(20-49-32)31(44)38-26(17-23(5)34(46)47)18-24-11-13-25(37)14-12-24/h11-14,20-23,26,28-30,43H,9-10,15-19,37H2,1-8H3,(H,38,44)(H,40,48)(H,46,47)/t22-,23-,26+,28?,29+,30-,36+/m0/s1. The van der Waals surface area contributed by atoms with Gasteiger partial charge in [0.1, 0.15) is 22.8 Å². The van der Waals surface area contributed by atoms with Gasteiger partial charge in [-0.2, -0.15) is 0 Å². The molecule has 0 spiro atoms. The molecule has 1 unspecified atom stereocenters. The van der Waals surface area contributed by atoms with E-state index >= 15 is 0 Å². The molecule has 0 bridgehead atoms. The van der Waals surface area contributed by atoms with Crippen molar-refractivity contribution in [2.75, 3.05) is 26.4 Å². The number of carboxylic acids is 1. The lowest BCUT2D eigenvalue weighted by molar-refractivity contribution is -0.142. The second-order valence-electron chi connectivity index (χ2n) is 14.3. The third-order valence-electron chi connectivity index (χ3n) is 10.2. The highest BCUT2D eigenvalue weighted by Gasteiger charge is 2.43. The number of aliphatic hydroxyl groups excluding tert-OH is 1. The summed E-state index contributed by atoms with van der Waals surface area (Å²) < 4.78 is 0. The molecular weight excluding hydrogens is 644 g/mol. The molecule has 13 heteroatoms. The van der Waals surface area contributed by atoms with Gasteiger partial charge in [-0.25, -0.2) is 4.98 Å². The van der Waals surface area contributed by atoms with Gasteiger partial charge in [-0.1, -0.05) is 53.2 Å². The van der Waals surface area contributed by atoms with Crippen LogP contribution in [0.3, 0.4) is 0 Å². The van der Waals surface area contributed by atoms with Crippen molar-refractivity contribution >= 4 is 40.7 Å². The summed E-state index contributed by atoms with van der Waals surface area (Å²) in [5, 5.41) is 28.7. The zero-order valence-electron chi connectivity index (χ0n) is 30.2. The molecule has 6 N–H and O–H groups in total. The zero-order chi connectivity index (χ0) is 36.6. The molecule has 0 aliphatic carbocycles. The molecule has 272 valence electrons. The number of hydrogen-bond acceptors (Lipinski definition) is 9. The van der Waals surface area contributed by atoms with Crippen LogP contribution in [-0.4, -0.2) is 93.0 Å². The van der Waals surface area contributed by atoms with E-state index in [0.29, 0.717) is 23.5 Å². The number of anilines is 1. The first kappa shape index (κ1) is 39.9. The fraction of sp³-hybridized carbons (Fsp3) is 0.639. The summed E-state index contributed by atoms with van der Waals surface area (Å²) in [6, 6.07) is 5.64. The minimum Gasteiger partial charge on any atom is -0.481 e. The van der Waals surface area contributed by atoms with E-state index in [-0.39, 0.29) is 48.2 Å².